The van der Waals surface area contributed by atoms with Gasteiger partial charge < -0.3 is 20.3 Å². The van der Waals surface area contributed by atoms with Crippen LogP contribution in [0.15, 0.2) is 24.3 Å². The van der Waals surface area contributed by atoms with Crippen molar-refractivity contribution in [1.82, 2.24) is 5.32 Å². The number of ether oxygens (including phenoxy) is 1. The van der Waals surface area contributed by atoms with Crippen molar-refractivity contribution in [3.63, 3.8) is 0 Å². The Morgan fingerprint density at radius 2 is 1.86 bits per heavy atom. The molecule has 3 N–H and O–H groups in total. The van der Waals surface area contributed by atoms with E-state index in [2.05, 4.69) is 10.1 Å². The topological polar surface area (TPSA) is 116 Å². The van der Waals surface area contributed by atoms with E-state index in [0.717, 1.165) is 4.90 Å². The number of aromatic hydroxyl groups is 1. The second-order valence-corrected chi connectivity index (χ2v) is 4.19. The number of nitrogens with zero attached hydrogens (tertiary/aromatic N) is 1. The van der Waals surface area contributed by atoms with E-state index >= 15 is 0 Å². The van der Waals surface area contributed by atoms with E-state index in [0.29, 0.717) is 0 Å². The molecule has 21 heavy (non-hydrogen) atoms. The van der Waals surface area contributed by atoms with Crippen molar-refractivity contribution in [2.24, 2.45) is 0 Å². The molecular formula is C13H16N2O6. The number of hydrogen-bond acceptors (Lipinski definition) is 5. The summed E-state index contributed by atoms with van der Waals surface area (Å²) in [7, 11) is 1.18. The molecule has 1 atom stereocenters. The lowest BCUT2D eigenvalue weighted by atomic mass is 10.2. The summed E-state index contributed by atoms with van der Waals surface area (Å²) in [6.45, 7) is 0.823. The molecule has 2 amide bonds. The van der Waals surface area contributed by atoms with Crippen molar-refractivity contribution in [3.05, 3.63) is 24.3 Å². The van der Waals surface area contributed by atoms with Gasteiger partial charge in [0.05, 0.1) is 7.11 Å². The van der Waals surface area contributed by atoms with E-state index in [4.69, 9.17) is 5.11 Å². The predicted octanol–water partition coefficient (Wildman–Crippen LogP) is 0.554. The molecule has 1 aromatic rings. The highest BCUT2D eigenvalue weighted by Crippen LogP contribution is 2.18. The number of carboxylic acid groups (broad SMARTS) is 1. The van der Waals surface area contributed by atoms with E-state index in [1.165, 1.54) is 38.3 Å². The maximum atomic E-state index is 12.1. The van der Waals surface area contributed by atoms with Crippen LogP contribution >= 0.6 is 0 Å². The van der Waals surface area contributed by atoms with Crippen molar-refractivity contribution >= 4 is 23.7 Å². The number of phenolic OH excluding ortho intramolecular Hbond substituents is 1. The number of hydrogen-bond donors (Lipinski definition) is 3. The maximum Gasteiger partial charge on any atom is 0.328 e. The van der Waals surface area contributed by atoms with Gasteiger partial charge >= 0.3 is 18.0 Å². The van der Waals surface area contributed by atoms with Gasteiger partial charge in [0.15, 0.2) is 0 Å². The zero-order chi connectivity index (χ0) is 16.0. The lowest BCUT2D eigenvalue weighted by Gasteiger charge is -2.23. The molecule has 0 aliphatic heterocycles. The third kappa shape index (κ3) is 4.68. The van der Waals surface area contributed by atoms with E-state index in [1.807, 2.05) is 0 Å². The highest BCUT2D eigenvalue weighted by molar-refractivity contribution is 5.98. The molecule has 0 heterocycles. The zero-order valence-corrected chi connectivity index (χ0v) is 11.6. The van der Waals surface area contributed by atoms with E-state index in [1.54, 1.807) is 0 Å². The number of aliphatic carboxylic acids is 1. The Morgan fingerprint density at radius 1 is 1.29 bits per heavy atom. The smallest absolute Gasteiger partial charge is 0.328 e. The van der Waals surface area contributed by atoms with Crippen molar-refractivity contribution in [3.8, 4) is 5.75 Å². The molecule has 1 unspecified atom stereocenters. The number of nitrogens with one attached hydrogen (secondary N) is 1. The summed E-state index contributed by atoms with van der Waals surface area (Å²) in [6.07, 6.45) is 0. The second-order valence-electron chi connectivity index (χ2n) is 4.19. The van der Waals surface area contributed by atoms with Crippen LogP contribution in [0.2, 0.25) is 0 Å². The number of methoxy groups -OCH3 is 1. The van der Waals surface area contributed by atoms with Crippen LogP contribution in [0.5, 0.6) is 5.75 Å². The van der Waals surface area contributed by atoms with Crippen molar-refractivity contribution in [2.75, 3.05) is 18.6 Å². The summed E-state index contributed by atoms with van der Waals surface area (Å²) < 4.78 is 4.47. The minimum Gasteiger partial charge on any atom is -0.508 e. The van der Waals surface area contributed by atoms with Crippen LogP contribution in [0.25, 0.3) is 0 Å². The van der Waals surface area contributed by atoms with Gasteiger partial charge in [0.2, 0.25) is 0 Å². The molecule has 0 fully saturated rings. The number of carbonyl (C=O) groups is 3. The van der Waals surface area contributed by atoms with E-state index < -0.39 is 30.6 Å². The summed E-state index contributed by atoms with van der Waals surface area (Å²) >= 11 is 0. The SMILES string of the molecule is COC(=O)C(C)NC(=O)N(CC(=O)O)c1ccc(O)cc1. The minimum absolute atomic E-state index is 0.0163. The first-order chi connectivity index (χ1) is 9.85. The predicted molar refractivity (Wildman–Crippen MR) is 73.1 cm³/mol. The monoisotopic (exact) mass is 296 g/mol. The third-order valence-electron chi connectivity index (χ3n) is 2.59. The fraction of sp³-hybridized carbons (Fsp3) is 0.308. The number of amides is 2. The highest BCUT2D eigenvalue weighted by Gasteiger charge is 2.23. The van der Waals surface area contributed by atoms with Gasteiger partial charge in [0.25, 0.3) is 0 Å². The quantitative estimate of drug-likeness (QED) is 0.683. The number of carbonyl (C=O) groups excluding carboxylic acids is 2. The molecule has 114 valence electrons. The Morgan fingerprint density at radius 3 is 2.33 bits per heavy atom. The van der Waals surface area contributed by atoms with Gasteiger partial charge in [-0.1, -0.05) is 0 Å². The molecule has 8 heteroatoms. The fourth-order valence-corrected chi connectivity index (χ4v) is 1.55. The normalized spacial score (nSPS) is 11.3. The summed E-state index contributed by atoms with van der Waals surface area (Å²) in [6, 6.07) is 3.74. The summed E-state index contributed by atoms with van der Waals surface area (Å²) in [5.74, 6) is -1.88. The molecule has 0 bridgehead atoms. The zero-order valence-electron chi connectivity index (χ0n) is 11.6. The maximum absolute atomic E-state index is 12.1. The number of carboxylic acids is 1. The standard InChI is InChI=1S/C13H16N2O6/c1-8(12(19)21-2)14-13(20)15(7-11(17)18)9-3-5-10(16)6-4-9/h3-6,8,16H,7H2,1-2H3,(H,14,20)(H,17,18). The second kappa shape index (κ2) is 7.13. The summed E-state index contributed by atoms with van der Waals surface area (Å²) in [5, 5.41) is 20.4. The van der Waals surface area contributed by atoms with Gasteiger partial charge in [-0.3, -0.25) is 9.69 Å². The fourth-order valence-electron chi connectivity index (χ4n) is 1.55. The first-order valence-corrected chi connectivity index (χ1v) is 6.02. The van der Waals surface area contributed by atoms with Gasteiger partial charge in [-0.25, -0.2) is 9.59 Å². The number of anilines is 1. The highest BCUT2D eigenvalue weighted by atomic mass is 16.5. The van der Waals surface area contributed by atoms with Crippen LogP contribution in [0.3, 0.4) is 0 Å². The third-order valence-corrected chi connectivity index (χ3v) is 2.59. The lowest BCUT2D eigenvalue weighted by molar-refractivity contribution is -0.142. The number of urea groups is 1. The molecule has 1 rings (SSSR count). The largest absolute Gasteiger partial charge is 0.508 e. The molecule has 8 nitrogen and oxygen atoms in total. The molecular weight excluding hydrogens is 280 g/mol. The molecule has 0 spiro atoms. The van der Waals surface area contributed by atoms with Crippen LogP contribution in [0, 0.1) is 0 Å². The molecule has 0 aliphatic carbocycles. The van der Waals surface area contributed by atoms with Crippen LogP contribution in [-0.2, 0) is 14.3 Å². The first-order valence-electron chi connectivity index (χ1n) is 6.02. The Hall–Kier alpha value is -2.77. The average Bonchev–Trinajstić information content (AvgIpc) is 2.44. The summed E-state index contributed by atoms with van der Waals surface area (Å²) in [4.78, 5) is 35.1. The first kappa shape index (κ1) is 16.3. The Kier molecular flexibility index (Phi) is 5.53. The molecule has 0 saturated heterocycles. The Balaban J connectivity index is 2.91. The number of esters is 1. The number of phenols is 1. The van der Waals surface area contributed by atoms with Gasteiger partial charge in [0.1, 0.15) is 18.3 Å². The van der Waals surface area contributed by atoms with Crippen molar-refractivity contribution in [2.45, 2.75) is 13.0 Å². The van der Waals surface area contributed by atoms with Crippen LogP contribution < -0.4 is 10.2 Å². The molecule has 1 aromatic carbocycles. The minimum atomic E-state index is -1.22. The van der Waals surface area contributed by atoms with Gasteiger partial charge in [-0.05, 0) is 31.2 Å². The van der Waals surface area contributed by atoms with Gasteiger partial charge in [-0.2, -0.15) is 0 Å². The lowest BCUT2D eigenvalue weighted by Crippen LogP contribution is -2.48. The summed E-state index contributed by atoms with van der Waals surface area (Å²) in [5.41, 5.74) is 0.268. The number of benzene rings is 1. The number of rotatable bonds is 5. The molecule has 0 saturated carbocycles. The van der Waals surface area contributed by atoms with Gasteiger partial charge in [-0.15, -0.1) is 0 Å². The van der Waals surface area contributed by atoms with Gasteiger partial charge in [0, 0.05) is 5.69 Å². The molecule has 0 aromatic heterocycles. The Bertz CT molecular complexity index is 528. The van der Waals surface area contributed by atoms with Crippen LogP contribution in [0.4, 0.5) is 10.5 Å². The Labute approximate surface area is 120 Å². The van der Waals surface area contributed by atoms with Crippen molar-refractivity contribution < 1.29 is 29.3 Å². The van der Waals surface area contributed by atoms with Crippen LogP contribution in [0.1, 0.15) is 6.92 Å². The molecule has 0 radical (unpaired) electrons. The van der Waals surface area contributed by atoms with E-state index in [9.17, 15) is 19.5 Å². The molecule has 0 aliphatic rings. The van der Waals surface area contributed by atoms with Crippen molar-refractivity contribution in [1.29, 1.82) is 0 Å². The van der Waals surface area contributed by atoms with E-state index in [-0.39, 0.29) is 11.4 Å². The average molecular weight is 296 g/mol. The van der Waals surface area contributed by atoms with Crippen LogP contribution in [-0.4, -0.2) is 47.9 Å².